The molecule has 0 radical (unpaired) electrons. The van der Waals surface area contributed by atoms with Crippen LogP contribution in [0.2, 0.25) is 0 Å². The maximum Gasteiger partial charge on any atom is 0.418 e. The maximum atomic E-state index is 13.3. The van der Waals surface area contributed by atoms with E-state index >= 15 is 0 Å². The number of thiocarbonyl (C=S) groups is 1. The van der Waals surface area contributed by atoms with Crippen molar-refractivity contribution in [2.75, 3.05) is 32.8 Å². The largest absolute Gasteiger partial charge is 0.418 e. The molecule has 1 fully saturated rings. The number of nitrogens with two attached hydrogens (primary N) is 1. The van der Waals surface area contributed by atoms with Gasteiger partial charge in [0.1, 0.15) is 5.82 Å². The van der Waals surface area contributed by atoms with Crippen LogP contribution in [0.1, 0.15) is 95.0 Å². The van der Waals surface area contributed by atoms with Crippen LogP contribution < -0.4 is 21.7 Å². The first-order valence-electron chi connectivity index (χ1n) is 18.9. The molecule has 14 heteroatoms. The van der Waals surface area contributed by atoms with E-state index in [9.17, 15) is 31.9 Å². The summed E-state index contributed by atoms with van der Waals surface area (Å²) < 4.78 is 58.4. The van der Waals surface area contributed by atoms with Crippen LogP contribution in [0.4, 0.5) is 17.6 Å². The number of fused-ring (bicyclic) bond motifs is 3. The fraction of sp³-hybridized carbons (Fsp3) is 0.550. The summed E-state index contributed by atoms with van der Waals surface area (Å²) in [7, 11) is 0. The number of benzene rings is 2. The molecule has 2 heterocycles. The predicted molar refractivity (Wildman–Crippen MR) is 209 cm³/mol. The Morgan fingerprint density at radius 3 is 2.13 bits per heavy atom. The van der Waals surface area contributed by atoms with Gasteiger partial charge in [-0.1, -0.05) is 95.9 Å². The highest BCUT2D eigenvalue weighted by Crippen LogP contribution is 2.39. The number of rotatable bonds is 11. The number of ether oxygens (including phenoxy) is 1. The van der Waals surface area contributed by atoms with Gasteiger partial charge in [-0.2, -0.15) is 13.2 Å². The van der Waals surface area contributed by atoms with Crippen LogP contribution >= 0.6 is 12.2 Å². The molecule has 2 aliphatic rings. The van der Waals surface area contributed by atoms with E-state index < -0.39 is 29.4 Å². The Hall–Kier alpha value is -4.04. The van der Waals surface area contributed by atoms with Gasteiger partial charge in [0.2, 0.25) is 17.7 Å². The molecule has 1 aromatic heterocycles. The molecule has 1 aliphatic heterocycles. The van der Waals surface area contributed by atoms with Gasteiger partial charge in [-0.25, -0.2) is 4.39 Å². The van der Waals surface area contributed by atoms with Crippen LogP contribution in [0.3, 0.4) is 0 Å². The molecular weight excluding hydrogens is 723 g/mol. The van der Waals surface area contributed by atoms with Crippen molar-refractivity contribution in [3.8, 4) is 0 Å². The number of amides is 3. The minimum Gasteiger partial charge on any atom is -0.381 e. The summed E-state index contributed by atoms with van der Waals surface area (Å²) in [5.41, 5.74) is 6.18. The van der Waals surface area contributed by atoms with Crippen LogP contribution in [0, 0.1) is 17.7 Å². The van der Waals surface area contributed by atoms with E-state index in [4.69, 9.17) is 22.7 Å². The number of nitrogens with one attached hydrogen (secondary N) is 4. The first kappa shape index (κ1) is 46.1. The highest BCUT2D eigenvalue weighted by molar-refractivity contribution is 7.80. The number of alkyl halides is 3. The summed E-state index contributed by atoms with van der Waals surface area (Å²) in [4.78, 5) is 37.8. The third-order valence-electron chi connectivity index (χ3n) is 9.02. The van der Waals surface area contributed by atoms with Crippen molar-refractivity contribution in [2.24, 2.45) is 17.6 Å². The van der Waals surface area contributed by atoms with E-state index in [1.807, 2.05) is 0 Å². The number of hydrogen-bond acceptors (Lipinski definition) is 5. The van der Waals surface area contributed by atoms with Crippen LogP contribution in [0.5, 0.6) is 0 Å². The molecule has 54 heavy (non-hydrogen) atoms. The summed E-state index contributed by atoms with van der Waals surface area (Å²) in [5, 5.41) is 8.93. The lowest BCUT2D eigenvalue weighted by Crippen LogP contribution is -2.41. The highest BCUT2D eigenvalue weighted by Gasteiger charge is 2.35. The molecule has 0 bridgehead atoms. The van der Waals surface area contributed by atoms with Gasteiger partial charge in [-0.15, -0.1) is 0 Å². The van der Waals surface area contributed by atoms with Crippen LogP contribution in [0.15, 0.2) is 42.5 Å². The van der Waals surface area contributed by atoms with Gasteiger partial charge in [0.25, 0.3) is 0 Å². The first-order valence-corrected chi connectivity index (χ1v) is 19.3. The van der Waals surface area contributed by atoms with Gasteiger partial charge in [0, 0.05) is 36.8 Å². The van der Waals surface area contributed by atoms with E-state index in [1.54, 1.807) is 18.2 Å². The Kier molecular flexibility index (Phi) is 20.8. The SMILES string of the molecule is CCCC.CCCC.NC(=O)CNC(=O)Cc1ccccc1F.O=C(NCC(=S)NCC1CCOCC1)C1CCc2[nH]c3c(C(F)(F)F)cccc3c2C1. The van der Waals surface area contributed by atoms with Gasteiger partial charge in [-0.05, 0) is 61.3 Å². The maximum absolute atomic E-state index is 13.3. The smallest absolute Gasteiger partial charge is 0.381 e. The van der Waals surface area contributed by atoms with Crippen LogP contribution in [-0.2, 0) is 44.6 Å². The molecule has 3 amide bonds. The second-order valence-electron chi connectivity index (χ2n) is 13.3. The van der Waals surface area contributed by atoms with Crippen molar-refractivity contribution in [3.63, 3.8) is 0 Å². The quantitative estimate of drug-likeness (QED) is 0.102. The molecule has 1 unspecified atom stereocenters. The molecule has 5 rings (SSSR count). The molecule has 1 atom stereocenters. The van der Waals surface area contributed by atoms with Crippen LogP contribution in [0.25, 0.3) is 10.9 Å². The number of aromatic amines is 1. The molecule has 9 nitrogen and oxygen atoms in total. The fourth-order valence-electron chi connectivity index (χ4n) is 5.55. The number of H-pyrrole nitrogens is 1. The monoisotopic (exact) mass is 779 g/mol. The standard InChI is InChI=1S/C22H26F3N3O2S.C10H11FN2O2.2C4H10/c23-22(24,25)17-3-1-2-15-16-10-14(4-5-18(16)28-20(15)17)21(29)27-12-19(31)26-11-13-6-8-30-9-7-13;11-8-4-2-1-3-7(8)5-10(15)13-6-9(12)14;2*1-3-4-2/h1-3,13-14,28H,4-12H2,(H,26,31)(H,27,29);1-4H,5-6H2,(H2,12,14)(H,13,15);2*3-4H2,1-2H3. The number of unbranched alkanes of at least 4 members (excludes halogenated alkanes) is 2. The number of aromatic nitrogens is 1. The van der Waals surface area contributed by atoms with Gasteiger partial charge in [0.15, 0.2) is 0 Å². The third-order valence-corrected chi connectivity index (χ3v) is 9.31. The van der Waals surface area contributed by atoms with Crippen molar-refractivity contribution in [1.82, 2.24) is 20.9 Å². The Morgan fingerprint density at radius 1 is 0.889 bits per heavy atom. The zero-order chi connectivity index (χ0) is 40.1. The molecule has 6 N–H and O–H groups in total. The number of carbonyl (C=O) groups excluding carboxylic acids is 3. The molecule has 1 aliphatic carbocycles. The average molecular weight is 780 g/mol. The lowest BCUT2D eigenvalue weighted by Gasteiger charge is -2.24. The second-order valence-corrected chi connectivity index (χ2v) is 13.8. The van der Waals surface area contributed by atoms with Gasteiger partial charge >= 0.3 is 6.18 Å². The highest BCUT2D eigenvalue weighted by atomic mass is 32.1. The van der Waals surface area contributed by atoms with E-state index in [-0.39, 0.29) is 36.9 Å². The van der Waals surface area contributed by atoms with Crippen molar-refractivity contribution in [3.05, 3.63) is 70.7 Å². The van der Waals surface area contributed by atoms with Crippen molar-refractivity contribution >= 4 is 45.8 Å². The van der Waals surface area contributed by atoms with Gasteiger partial charge in [0.05, 0.1) is 35.6 Å². The van der Waals surface area contributed by atoms with E-state index in [0.29, 0.717) is 41.1 Å². The van der Waals surface area contributed by atoms with Crippen molar-refractivity contribution in [2.45, 2.75) is 98.1 Å². The number of aryl methyl sites for hydroxylation is 1. The average Bonchev–Trinajstić information content (AvgIpc) is 3.55. The van der Waals surface area contributed by atoms with E-state index in [1.165, 1.54) is 43.9 Å². The van der Waals surface area contributed by atoms with Crippen LogP contribution in [-0.4, -0.2) is 60.5 Å². The summed E-state index contributed by atoms with van der Waals surface area (Å²) in [6.45, 7) is 11.1. The summed E-state index contributed by atoms with van der Waals surface area (Å²) >= 11 is 5.34. The normalized spacial score (nSPS) is 15.1. The third kappa shape index (κ3) is 16.1. The van der Waals surface area contributed by atoms with Gasteiger partial charge in [-0.3, -0.25) is 14.4 Å². The number of carbonyl (C=O) groups is 3. The van der Waals surface area contributed by atoms with Crippen molar-refractivity contribution < 1.29 is 36.7 Å². The lowest BCUT2D eigenvalue weighted by molar-refractivity contribution is -0.136. The Morgan fingerprint density at radius 2 is 1.54 bits per heavy atom. The Labute approximate surface area is 321 Å². The molecule has 3 aromatic rings. The molecule has 2 aromatic carbocycles. The number of hydrogen-bond donors (Lipinski definition) is 5. The van der Waals surface area contributed by atoms with Crippen molar-refractivity contribution in [1.29, 1.82) is 0 Å². The number of halogens is 4. The molecular formula is C40H57F4N5O4S. The zero-order valence-corrected chi connectivity index (χ0v) is 32.7. The molecule has 0 spiro atoms. The summed E-state index contributed by atoms with van der Waals surface area (Å²) in [6, 6.07) is 10.2. The molecule has 0 saturated carbocycles. The van der Waals surface area contributed by atoms with E-state index in [2.05, 4.69) is 48.6 Å². The molecule has 300 valence electrons. The van der Waals surface area contributed by atoms with Gasteiger partial charge < -0.3 is 31.4 Å². The minimum absolute atomic E-state index is 0.0973. The van der Waals surface area contributed by atoms with E-state index in [0.717, 1.165) is 49.9 Å². The first-order chi connectivity index (χ1) is 25.7. The Balaban J connectivity index is 0.000000364. The summed E-state index contributed by atoms with van der Waals surface area (Å²) in [5.74, 6) is -1.35. The number of primary amides is 1. The second kappa shape index (κ2) is 24.4. The molecule has 1 saturated heterocycles. The Bertz CT molecular complexity index is 1620. The summed E-state index contributed by atoms with van der Waals surface area (Å²) in [6.07, 6.45) is 4.34. The zero-order valence-electron chi connectivity index (χ0n) is 31.9. The lowest BCUT2D eigenvalue weighted by atomic mass is 9.85. The minimum atomic E-state index is -4.42. The number of para-hydroxylation sites is 1. The predicted octanol–water partition coefficient (Wildman–Crippen LogP) is 7.33. The fourth-order valence-corrected chi connectivity index (χ4v) is 5.70. The topological polar surface area (TPSA) is 138 Å².